The Kier molecular flexibility index (Phi) is 3.44. The Morgan fingerprint density at radius 1 is 1.33 bits per heavy atom. The van der Waals surface area contributed by atoms with Crippen molar-refractivity contribution in [3.8, 4) is 0 Å². The molecule has 1 fully saturated rings. The van der Waals surface area contributed by atoms with Crippen LogP contribution in [0.15, 0.2) is 4.40 Å². The van der Waals surface area contributed by atoms with Crippen LogP contribution in [0.4, 0.5) is 0 Å². The second-order valence-electron chi connectivity index (χ2n) is 5.80. The monoisotopic (exact) mass is 225 g/mol. The van der Waals surface area contributed by atoms with Gasteiger partial charge in [-0.25, -0.2) is 4.40 Å². The summed E-state index contributed by atoms with van der Waals surface area (Å²) in [5, 5.41) is 0.795. The highest BCUT2D eigenvalue weighted by molar-refractivity contribution is 7.99. The first kappa shape index (κ1) is 11.5. The van der Waals surface area contributed by atoms with Crippen LogP contribution < -0.4 is 0 Å². The van der Waals surface area contributed by atoms with Crippen LogP contribution in [-0.4, -0.2) is 11.5 Å². The van der Waals surface area contributed by atoms with Gasteiger partial charge < -0.3 is 0 Å². The molecule has 0 amide bonds. The molecule has 3 unspecified atom stereocenters. The third-order valence-electron chi connectivity index (χ3n) is 4.61. The van der Waals surface area contributed by atoms with Gasteiger partial charge in [0.05, 0.1) is 0 Å². The zero-order valence-electron chi connectivity index (χ0n) is 10.2. The molecular formula is C13H23NS. The molecule has 1 saturated carbocycles. The summed E-state index contributed by atoms with van der Waals surface area (Å²) < 4.78 is 4.40. The third-order valence-corrected chi connectivity index (χ3v) is 5.70. The summed E-state index contributed by atoms with van der Waals surface area (Å²) in [4.78, 5) is 0. The van der Waals surface area contributed by atoms with Gasteiger partial charge in [-0.1, -0.05) is 27.2 Å². The number of hydrogen-bond acceptors (Lipinski definition) is 2. The molecule has 0 aromatic carbocycles. The van der Waals surface area contributed by atoms with E-state index in [0.717, 1.165) is 17.1 Å². The fourth-order valence-electron chi connectivity index (χ4n) is 2.81. The predicted molar refractivity (Wildman–Crippen MR) is 69.4 cm³/mol. The molecule has 0 spiro atoms. The summed E-state index contributed by atoms with van der Waals surface area (Å²) in [6, 6.07) is 0. The fraction of sp³-hybridized carbons (Fsp3) is 0.923. The lowest BCUT2D eigenvalue weighted by Crippen LogP contribution is -2.29. The largest absolute Gasteiger partial charge is 0.228 e. The van der Waals surface area contributed by atoms with Crippen LogP contribution in [0.2, 0.25) is 0 Å². The average molecular weight is 225 g/mol. The van der Waals surface area contributed by atoms with Gasteiger partial charge in [-0.2, -0.15) is 0 Å². The van der Waals surface area contributed by atoms with Crippen LogP contribution >= 0.6 is 11.9 Å². The van der Waals surface area contributed by atoms with Crippen LogP contribution in [0.3, 0.4) is 0 Å². The second kappa shape index (κ2) is 4.48. The molecule has 86 valence electrons. The zero-order chi connectivity index (χ0) is 10.9. The Morgan fingerprint density at radius 2 is 2.13 bits per heavy atom. The van der Waals surface area contributed by atoms with Crippen molar-refractivity contribution >= 4 is 18.2 Å². The highest BCUT2D eigenvalue weighted by atomic mass is 32.2. The maximum Gasteiger partial charge on any atom is 0.0344 e. The quantitative estimate of drug-likeness (QED) is 0.605. The molecule has 0 saturated heterocycles. The van der Waals surface area contributed by atoms with E-state index in [1.165, 1.54) is 32.1 Å². The Morgan fingerprint density at radius 3 is 2.87 bits per heavy atom. The molecule has 0 aromatic rings. The topological polar surface area (TPSA) is 12.4 Å². The van der Waals surface area contributed by atoms with Crippen LogP contribution in [0.25, 0.3) is 0 Å². The average Bonchev–Trinajstić information content (AvgIpc) is 2.59. The summed E-state index contributed by atoms with van der Waals surface area (Å²) in [6.07, 6.45) is 9.12. The first-order valence-corrected chi connectivity index (χ1v) is 7.15. The molecular weight excluding hydrogens is 202 g/mol. The third kappa shape index (κ3) is 2.41. The van der Waals surface area contributed by atoms with Crippen molar-refractivity contribution in [3.63, 3.8) is 0 Å². The maximum atomic E-state index is 4.40. The normalized spacial score (nSPS) is 41.3. The SMILES string of the molecule is CC(C)C1(C)CCCC2C=NSC2CC1. The van der Waals surface area contributed by atoms with Crippen molar-refractivity contribution in [3.05, 3.63) is 0 Å². The molecule has 15 heavy (non-hydrogen) atoms. The van der Waals surface area contributed by atoms with Gasteiger partial charge in [0.25, 0.3) is 0 Å². The molecule has 2 rings (SSSR count). The van der Waals surface area contributed by atoms with Crippen molar-refractivity contribution < 1.29 is 0 Å². The van der Waals surface area contributed by atoms with E-state index in [4.69, 9.17) is 0 Å². The molecule has 0 bridgehead atoms. The van der Waals surface area contributed by atoms with Gasteiger partial charge in [0.15, 0.2) is 0 Å². The van der Waals surface area contributed by atoms with Crippen molar-refractivity contribution in [2.24, 2.45) is 21.6 Å². The zero-order valence-corrected chi connectivity index (χ0v) is 11.0. The van der Waals surface area contributed by atoms with Crippen LogP contribution in [0.1, 0.15) is 52.9 Å². The minimum atomic E-state index is 0.577. The fourth-order valence-corrected chi connectivity index (χ4v) is 3.78. The van der Waals surface area contributed by atoms with E-state index in [9.17, 15) is 0 Å². The summed E-state index contributed by atoms with van der Waals surface area (Å²) in [6.45, 7) is 7.26. The smallest absolute Gasteiger partial charge is 0.0344 e. The summed E-state index contributed by atoms with van der Waals surface area (Å²) in [5.74, 6) is 1.60. The molecule has 0 N–H and O–H groups in total. The Labute approximate surface area is 98.3 Å². The van der Waals surface area contributed by atoms with Crippen LogP contribution in [0.5, 0.6) is 0 Å². The van der Waals surface area contributed by atoms with Crippen molar-refractivity contribution in [2.45, 2.75) is 58.1 Å². The Bertz CT molecular complexity index is 249. The molecule has 1 aliphatic heterocycles. The summed E-state index contributed by atoms with van der Waals surface area (Å²) in [7, 11) is 0. The van der Waals surface area contributed by atoms with Gasteiger partial charge >= 0.3 is 0 Å². The molecule has 2 aliphatic rings. The molecule has 0 aromatic heterocycles. The van der Waals surface area contributed by atoms with Gasteiger partial charge in [-0.15, -0.1) is 0 Å². The molecule has 1 aliphatic carbocycles. The molecule has 2 heteroatoms. The lowest BCUT2D eigenvalue weighted by atomic mass is 9.69. The molecule has 1 nitrogen and oxygen atoms in total. The van der Waals surface area contributed by atoms with Gasteiger partial charge in [0.1, 0.15) is 0 Å². The molecule has 1 heterocycles. The Hall–Kier alpha value is 0.0200. The van der Waals surface area contributed by atoms with E-state index in [1.54, 1.807) is 0 Å². The minimum absolute atomic E-state index is 0.577. The lowest BCUT2D eigenvalue weighted by molar-refractivity contribution is 0.157. The molecule has 3 atom stereocenters. The Balaban J connectivity index is 2.00. The predicted octanol–water partition coefficient (Wildman–Crippen LogP) is 4.33. The van der Waals surface area contributed by atoms with Gasteiger partial charge in [0.2, 0.25) is 0 Å². The van der Waals surface area contributed by atoms with E-state index in [0.29, 0.717) is 5.41 Å². The van der Waals surface area contributed by atoms with Crippen LogP contribution in [0, 0.1) is 17.3 Å². The summed E-state index contributed by atoms with van der Waals surface area (Å²) >= 11 is 1.83. The number of rotatable bonds is 1. The van der Waals surface area contributed by atoms with Gasteiger partial charge in [-0.05, 0) is 49.0 Å². The number of fused-ring (bicyclic) bond motifs is 1. The van der Waals surface area contributed by atoms with E-state index in [2.05, 4.69) is 31.4 Å². The highest BCUT2D eigenvalue weighted by Gasteiger charge is 2.34. The van der Waals surface area contributed by atoms with Gasteiger partial charge in [0, 0.05) is 17.4 Å². The van der Waals surface area contributed by atoms with E-state index >= 15 is 0 Å². The van der Waals surface area contributed by atoms with E-state index < -0.39 is 0 Å². The van der Waals surface area contributed by atoms with Crippen LogP contribution in [-0.2, 0) is 0 Å². The first-order valence-electron chi connectivity index (χ1n) is 6.31. The lowest BCUT2D eigenvalue weighted by Gasteiger charge is -2.37. The minimum Gasteiger partial charge on any atom is -0.228 e. The van der Waals surface area contributed by atoms with Crippen molar-refractivity contribution in [1.82, 2.24) is 0 Å². The summed E-state index contributed by atoms with van der Waals surface area (Å²) in [5.41, 5.74) is 0.577. The van der Waals surface area contributed by atoms with E-state index in [1.807, 2.05) is 11.9 Å². The number of nitrogens with zero attached hydrogens (tertiary/aromatic N) is 1. The molecule has 0 radical (unpaired) electrons. The first-order chi connectivity index (χ1) is 7.12. The second-order valence-corrected chi connectivity index (χ2v) is 6.83. The van der Waals surface area contributed by atoms with Crippen molar-refractivity contribution in [2.75, 3.05) is 0 Å². The van der Waals surface area contributed by atoms with Gasteiger partial charge in [-0.3, -0.25) is 0 Å². The number of hydrogen-bond donors (Lipinski definition) is 0. The maximum absolute atomic E-state index is 4.40. The van der Waals surface area contributed by atoms with Crippen molar-refractivity contribution in [1.29, 1.82) is 0 Å². The van der Waals surface area contributed by atoms with E-state index in [-0.39, 0.29) is 0 Å². The highest BCUT2D eigenvalue weighted by Crippen LogP contribution is 2.44. The standard InChI is InChI=1S/C13H23NS/c1-10(2)13(3)7-4-5-11-9-14-15-12(11)6-8-13/h9-12H,4-8H2,1-3H3.